The summed E-state index contributed by atoms with van der Waals surface area (Å²) in [7, 11) is -4.28. The number of benzene rings is 3. The number of nitrogens with zero attached hydrogens (tertiary/aromatic N) is 1. The fourth-order valence-electron chi connectivity index (χ4n) is 3.03. The van der Waals surface area contributed by atoms with Crippen molar-refractivity contribution in [2.75, 3.05) is 11.9 Å². The molecule has 1 N–H and O–H groups in total. The van der Waals surface area contributed by atoms with Crippen molar-refractivity contribution in [2.24, 2.45) is 0 Å². The summed E-state index contributed by atoms with van der Waals surface area (Å²) in [5.41, 5.74) is -1.34. The maximum absolute atomic E-state index is 13.4. The number of anilines is 1. The Kier molecular flexibility index (Phi) is 8.62. The topological polar surface area (TPSA) is 66.5 Å². The molecule has 0 atom stereocenters. The number of rotatable bonds is 7. The van der Waals surface area contributed by atoms with Crippen LogP contribution in [-0.2, 0) is 27.5 Å². The molecular formula is C22H15Cl4F3N2O3S. The molecule has 3 rings (SSSR count). The van der Waals surface area contributed by atoms with E-state index in [9.17, 15) is 26.4 Å². The minimum Gasteiger partial charge on any atom is -0.324 e. The van der Waals surface area contributed by atoms with Gasteiger partial charge in [0.1, 0.15) is 0 Å². The second kappa shape index (κ2) is 10.9. The molecule has 0 spiro atoms. The Balaban J connectivity index is 1.94. The second-order valence-electron chi connectivity index (χ2n) is 7.21. The standard InChI is InChI=1S/C22H15Cl4F3N2O3S/c23-14-2-5-16(6-3-14)35(33,34)31(11-13-1-7-18(25)19(26)9-13)12-21(32)30-20-8-4-15(24)10-17(20)22(27,28)29/h1-10H,11-12H2,(H,30,32). The molecule has 35 heavy (non-hydrogen) atoms. The number of halogens is 7. The van der Waals surface area contributed by atoms with Gasteiger partial charge in [0.05, 0.1) is 32.7 Å². The molecule has 0 radical (unpaired) electrons. The lowest BCUT2D eigenvalue weighted by Crippen LogP contribution is -2.37. The Labute approximate surface area is 219 Å². The lowest BCUT2D eigenvalue weighted by atomic mass is 10.1. The third-order valence-corrected chi connectivity index (χ3v) is 7.71. The molecule has 0 bridgehead atoms. The summed E-state index contributed by atoms with van der Waals surface area (Å²) < 4.78 is 67.6. The zero-order valence-electron chi connectivity index (χ0n) is 17.4. The van der Waals surface area contributed by atoms with E-state index in [2.05, 4.69) is 5.32 Å². The maximum Gasteiger partial charge on any atom is 0.418 e. The van der Waals surface area contributed by atoms with E-state index in [4.69, 9.17) is 46.4 Å². The lowest BCUT2D eigenvalue weighted by molar-refractivity contribution is -0.137. The van der Waals surface area contributed by atoms with Crippen LogP contribution in [0.25, 0.3) is 0 Å². The molecular weight excluding hydrogens is 571 g/mol. The monoisotopic (exact) mass is 584 g/mol. The smallest absolute Gasteiger partial charge is 0.324 e. The average molecular weight is 586 g/mol. The summed E-state index contributed by atoms with van der Waals surface area (Å²) >= 11 is 23.4. The van der Waals surface area contributed by atoms with Crippen molar-refractivity contribution < 1.29 is 26.4 Å². The number of carbonyl (C=O) groups is 1. The van der Waals surface area contributed by atoms with Gasteiger partial charge in [-0.1, -0.05) is 52.5 Å². The largest absolute Gasteiger partial charge is 0.418 e. The Hall–Kier alpha value is -2.01. The minimum atomic E-state index is -4.80. The van der Waals surface area contributed by atoms with E-state index in [0.717, 1.165) is 10.4 Å². The second-order valence-corrected chi connectivity index (χ2v) is 10.8. The molecule has 13 heteroatoms. The van der Waals surface area contributed by atoms with Gasteiger partial charge in [0.15, 0.2) is 0 Å². The molecule has 0 aliphatic rings. The molecule has 3 aromatic rings. The molecule has 5 nitrogen and oxygen atoms in total. The third-order valence-electron chi connectivity index (χ3n) is 4.68. The Morgan fingerprint density at radius 1 is 0.857 bits per heavy atom. The van der Waals surface area contributed by atoms with Crippen molar-refractivity contribution in [1.29, 1.82) is 0 Å². The molecule has 0 unspecified atom stereocenters. The SMILES string of the molecule is O=C(CN(Cc1ccc(Cl)c(Cl)c1)S(=O)(=O)c1ccc(Cl)cc1)Nc1ccc(Cl)cc1C(F)(F)F. The Morgan fingerprint density at radius 2 is 1.49 bits per heavy atom. The zero-order valence-corrected chi connectivity index (χ0v) is 21.3. The summed E-state index contributed by atoms with van der Waals surface area (Å²) in [6.07, 6.45) is -4.80. The van der Waals surface area contributed by atoms with Gasteiger partial charge in [-0.25, -0.2) is 8.42 Å². The number of hydrogen-bond acceptors (Lipinski definition) is 3. The molecule has 1 amide bonds. The van der Waals surface area contributed by atoms with E-state index >= 15 is 0 Å². The van der Waals surface area contributed by atoms with Gasteiger partial charge in [0.2, 0.25) is 15.9 Å². The molecule has 0 aliphatic heterocycles. The van der Waals surface area contributed by atoms with Crippen molar-refractivity contribution in [3.63, 3.8) is 0 Å². The highest BCUT2D eigenvalue weighted by Gasteiger charge is 2.35. The van der Waals surface area contributed by atoms with Crippen molar-refractivity contribution in [3.8, 4) is 0 Å². The first-order valence-electron chi connectivity index (χ1n) is 9.63. The first-order chi connectivity index (χ1) is 16.3. The van der Waals surface area contributed by atoms with Crippen LogP contribution in [0.3, 0.4) is 0 Å². The van der Waals surface area contributed by atoms with Crippen LogP contribution >= 0.6 is 46.4 Å². The number of sulfonamides is 1. The number of hydrogen-bond donors (Lipinski definition) is 1. The van der Waals surface area contributed by atoms with Crippen LogP contribution in [0.2, 0.25) is 20.1 Å². The summed E-state index contributed by atoms with van der Waals surface area (Å²) in [5, 5.41) is 2.63. The molecule has 0 fully saturated rings. The van der Waals surface area contributed by atoms with Gasteiger partial charge >= 0.3 is 6.18 Å². The predicted octanol–water partition coefficient (Wildman–Crippen LogP) is 7.15. The molecule has 186 valence electrons. The predicted molar refractivity (Wildman–Crippen MR) is 131 cm³/mol. The Bertz CT molecular complexity index is 1350. The van der Waals surface area contributed by atoms with Gasteiger partial charge in [0.25, 0.3) is 0 Å². The first-order valence-corrected chi connectivity index (χ1v) is 12.6. The molecule has 3 aromatic carbocycles. The summed E-state index contributed by atoms with van der Waals surface area (Å²) in [6, 6.07) is 12.4. The van der Waals surface area contributed by atoms with E-state index in [1.54, 1.807) is 0 Å². The van der Waals surface area contributed by atoms with E-state index in [-0.39, 0.29) is 26.5 Å². The van der Waals surface area contributed by atoms with Gasteiger partial charge < -0.3 is 5.32 Å². The molecule has 0 aliphatic carbocycles. The van der Waals surface area contributed by atoms with Crippen molar-refractivity contribution in [2.45, 2.75) is 17.6 Å². The van der Waals surface area contributed by atoms with E-state index in [1.807, 2.05) is 0 Å². The van der Waals surface area contributed by atoms with Crippen LogP contribution in [0.15, 0.2) is 65.6 Å². The van der Waals surface area contributed by atoms with Gasteiger partial charge in [-0.05, 0) is 60.2 Å². The van der Waals surface area contributed by atoms with E-state index < -0.39 is 39.9 Å². The van der Waals surface area contributed by atoms with Crippen LogP contribution in [0.4, 0.5) is 18.9 Å². The number of nitrogens with one attached hydrogen (secondary N) is 1. The van der Waals surface area contributed by atoms with Crippen LogP contribution in [0, 0.1) is 0 Å². The fraction of sp³-hybridized carbons (Fsp3) is 0.136. The van der Waals surface area contributed by atoms with Gasteiger partial charge in [0, 0.05) is 16.6 Å². The highest BCUT2D eigenvalue weighted by molar-refractivity contribution is 7.89. The number of amides is 1. The van der Waals surface area contributed by atoms with E-state index in [1.165, 1.54) is 48.5 Å². The van der Waals surface area contributed by atoms with Crippen LogP contribution < -0.4 is 5.32 Å². The van der Waals surface area contributed by atoms with Crippen molar-refractivity contribution in [1.82, 2.24) is 4.31 Å². The molecule has 0 heterocycles. The number of carbonyl (C=O) groups excluding carboxylic acids is 1. The minimum absolute atomic E-state index is 0.161. The zero-order chi connectivity index (χ0) is 26.0. The van der Waals surface area contributed by atoms with E-state index in [0.29, 0.717) is 16.7 Å². The van der Waals surface area contributed by atoms with Crippen molar-refractivity contribution in [3.05, 3.63) is 91.9 Å². The highest BCUT2D eigenvalue weighted by atomic mass is 35.5. The molecule has 0 aromatic heterocycles. The summed E-state index contributed by atoms with van der Waals surface area (Å²) in [4.78, 5) is 12.6. The third kappa shape index (κ3) is 7.03. The quantitative estimate of drug-likeness (QED) is 0.320. The van der Waals surface area contributed by atoms with Crippen molar-refractivity contribution >= 4 is 68.0 Å². The number of alkyl halides is 3. The first kappa shape index (κ1) is 27.6. The average Bonchev–Trinajstić information content (AvgIpc) is 2.76. The lowest BCUT2D eigenvalue weighted by Gasteiger charge is -2.23. The normalized spacial score (nSPS) is 12.1. The van der Waals surface area contributed by atoms with Crippen LogP contribution in [0.1, 0.15) is 11.1 Å². The fourth-order valence-corrected chi connectivity index (χ4v) is 5.04. The highest BCUT2D eigenvalue weighted by Crippen LogP contribution is 2.36. The summed E-state index contributed by atoms with van der Waals surface area (Å²) in [5.74, 6) is -1.00. The molecule has 0 saturated carbocycles. The van der Waals surface area contributed by atoms with Crippen LogP contribution in [0.5, 0.6) is 0 Å². The maximum atomic E-state index is 13.4. The summed E-state index contributed by atoms with van der Waals surface area (Å²) in [6.45, 7) is -1.12. The molecule has 0 saturated heterocycles. The van der Waals surface area contributed by atoms with Gasteiger partial charge in [-0.15, -0.1) is 0 Å². The van der Waals surface area contributed by atoms with Gasteiger partial charge in [-0.3, -0.25) is 4.79 Å². The Morgan fingerprint density at radius 3 is 2.09 bits per heavy atom. The van der Waals surface area contributed by atoms with Crippen LogP contribution in [-0.4, -0.2) is 25.2 Å². The van der Waals surface area contributed by atoms with Gasteiger partial charge in [-0.2, -0.15) is 17.5 Å².